The second kappa shape index (κ2) is 3.93. The van der Waals surface area contributed by atoms with Crippen LogP contribution >= 0.6 is 11.3 Å². The van der Waals surface area contributed by atoms with Gasteiger partial charge in [0.2, 0.25) is 0 Å². The molecule has 0 aromatic carbocycles. The molecule has 0 radical (unpaired) electrons. The van der Waals surface area contributed by atoms with Crippen molar-refractivity contribution in [3.63, 3.8) is 0 Å². The van der Waals surface area contributed by atoms with Crippen LogP contribution in [-0.4, -0.2) is 5.71 Å². The van der Waals surface area contributed by atoms with Crippen molar-refractivity contribution in [1.29, 1.82) is 5.41 Å². The molecule has 58 valence electrons. The number of thiophene rings is 1. The van der Waals surface area contributed by atoms with Crippen LogP contribution in [0.3, 0.4) is 0 Å². The molecule has 0 aliphatic carbocycles. The Balaban J connectivity index is 2.56. The third-order valence-corrected chi connectivity index (χ3v) is 2.21. The van der Waals surface area contributed by atoms with Gasteiger partial charge in [-0.15, -0.1) is 11.3 Å². The van der Waals surface area contributed by atoms with E-state index in [4.69, 9.17) is 11.1 Å². The van der Waals surface area contributed by atoms with E-state index in [0.29, 0.717) is 12.1 Å². The number of nitrogens with one attached hydrogen (secondary N) is 1. The van der Waals surface area contributed by atoms with Crippen molar-refractivity contribution in [2.24, 2.45) is 5.73 Å². The zero-order chi connectivity index (χ0) is 8.10. The lowest BCUT2D eigenvalue weighted by molar-refractivity contribution is 1.35. The molecule has 0 atom stereocenters. The fraction of sp³-hybridized carbons (Fsp3) is 0.125. The number of hydrogen-bond acceptors (Lipinski definition) is 3. The average Bonchev–Trinajstić information content (AvgIpc) is 2.52. The molecule has 1 aromatic heterocycles. The summed E-state index contributed by atoms with van der Waals surface area (Å²) < 4.78 is 0. The summed E-state index contributed by atoms with van der Waals surface area (Å²) in [5, 5.41) is 9.52. The fourth-order valence-electron chi connectivity index (χ4n) is 0.737. The predicted octanol–water partition coefficient (Wildman–Crippen LogP) is 1.98. The van der Waals surface area contributed by atoms with Crippen molar-refractivity contribution in [3.8, 4) is 0 Å². The lowest BCUT2D eigenvalue weighted by Crippen LogP contribution is -1.93. The molecule has 0 aliphatic rings. The Labute approximate surface area is 69.9 Å². The first-order valence-electron chi connectivity index (χ1n) is 3.32. The van der Waals surface area contributed by atoms with Crippen LogP contribution in [0.15, 0.2) is 29.8 Å². The molecular weight excluding hydrogens is 156 g/mol. The van der Waals surface area contributed by atoms with E-state index in [0.717, 1.165) is 4.88 Å². The first kappa shape index (κ1) is 8.01. The van der Waals surface area contributed by atoms with Crippen LogP contribution < -0.4 is 5.73 Å². The quantitative estimate of drug-likeness (QED) is 0.663. The molecule has 1 heterocycles. The van der Waals surface area contributed by atoms with Crippen molar-refractivity contribution in [2.75, 3.05) is 0 Å². The predicted molar refractivity (Wildman–Crippen MR) is 49.1 cm³/mol. The van der Waals surface area contributed by atoms with Crippen molar-refractivity contribution >= 4 is 17.0 Å². The third-order valence-electron chi connectivity index (χ3n) is 1.28. The normalized spacial score (nSPS) is 10.5. The second-order valence-electron chi connectivity index (χ2n) is 2.09. The van der Waals surface area contributed by atoms with Gasteiger partial charge in [-0.2, -0.15) is 0 Å². The highest BCUT2D eigenvalue weighted by Crippen LogP contribution is 2.10. The molecule has 0 spiro atoms. The van der Waals surface area contributed by atoms with E-state index in [1.807, 2.05) is 17.5 Å². The van der Waals surface area contributed by atoms with Crippen LogP contribution in [0.2, 0.25) is 0 Å². The van der Waals surface area contributed by atoms with Gasteiger partial charge in [-0.25, -0.2) is 0 Å². The summed E-state index contributed by atoms with van der Waals surface area (Å²) in [6.45, 7) is 0. The molecule has 11 heavy (non-hydrogen) atoms. The Kier molecular flexibility index (Phi) is 2.86. The van der Waals surface area contributed by atoms with Gasteiger partial charge in [0.05, 0.1) is 5.71 Å². The van der Waals surface area contributed by atoms with Gasteiger partial charge < -0.3 is 11.1 Å². The van der Waals surface area contributed by atoms with E-state index < -0.39 is 0 Å². The second-order valence-corrected chi connectivity index (χ2v) is 3.04. The van der Waals surface area contributed by atoms with Crippen LogP contribution in [0.4, 0.5) is 0 Å². The van der Waals surface area contributed by atoms with Gasteiger partial charge in [0.15, 0.2) is 0 Å². The molecule has 0 fully saturated rings. The Morgan fingerprint density at radius 2 is 2.55 bits per heavy atom. The number of allylic oxidation sites excluding steroid dienone is 1. The lowest BCUT2D eigenvalue weighted by atomic mass is 10.2. The molecule has 1 rings (SSSR count). The molecule has 0 saturated carbocycles. The maximum absolute atomic E-state index is 7.55. The Morgan fingerprint density at radius 3 is 3.09 bits per heavy atom. The minimum atomic E-state index is 0.622. The van der Waals surface area contributed by atoms with Crippen molar-refractivity contribution in [1.82, 2.24) is 0 Å². The summed E-state index contributed by atoms with van der Waals surface area (Å²) in [4.78, 5) is 1.02. The largest absolute Gasteiger partial charge is 0.405 e. The minimum absolute atomic E-state index is 0.622. The summed E-state index contributed by atoms with van der Waals surface area (Å²) in [7, 11) is 0. The third kappa shape index (κ3) is 2.20. The zero-order valence-electron chi connectivity index (χ0n) is 6.08. The highest BCUT2D eigenvalue weighted by Gasteiger charge is 1.97. The number of rotatable bonds is 3. The van der Waals surface area contributed by atoms with Crippen LogP contribution in [0.25, 0.3) is 0 Å². The van der Waals surface area contributed by atoms with E-state index in [-0.39, 0.29) is 0 Å². The van der Waals surface area contributed by atoms with Crippen molar-refractivity contribution in [3.05, 3.63) is 34.7 Å². The van der Waals surface area contributed by atoms with Gasteiger partial charge in [0.1, 0.15) is 0 Å². The van der Waals surface area contributed by atoms with Gasteiger partial charge in [0.25, 0.3) is 0 Å². The molecule has 3 N–H and O–H groups in total. The van der Waals surface area contributed by atoms with Crippen molar-refractivity contribution in [2.45, 2.75) is 6.42 Å². The van der Waals surface area contributed by atoms with Crippen LogP contribution in [-0.2, 0) is 0 Å². The van der Waals surface area contributed by atoms with E-state index >= 15 is 0 Å². The minimum Gasteiger partial charge on any atom is -0.405 e. The first-order valence-corrected chi connectivity index (χ1v) is 4.20. The Morgan fingerprint density at radius 1 is 1.73 bits per heavy atom. The fourth-order valence-corrected chi connectivity index (χ4v) is 1.42. The lowest BCUT2D eigenvalue weighted by Gasteiger charge is -1.93. The zero-order valence-corrected chi connectivity index (χ0v) is 6.90. The van der Waals surface area contributed by atoms with E-state index in [1.54, 1.807) is 17.4 Å². The molecule has 0 amide bonds. The van der Waals surface area contributed by atoms with Crippen LogP contribution in [0.5, 0.6) is 0 Å². The van der Waals surface area contributed by atoms with E-state index in [9.17, 15) is 0 Å². The van der Waals surface area contributed by atoms with Gasteiger partial charge >= 0.3 is 0 Å². The van der Waals surface area contributed by atoms with E-state index in [2.05, 4.69) is 0 Å². The number of hydrogen-bond donors (Lipinski definition) is 2. The summed E-state index contributed by atoms with van der Waals surface area (Å²) in [5.74, 6) is 0. The molecular formula is C8H10N2S. The SMILES string of the molecule is N=C(C/C=C/N)c1cccs1. The number of nitrogens with two attached hydrogens (primary N) is 1. The van der Waals surface area contributed by atoms with Gasteiger partial charge in [-0.3, -0.25) is 0 Å². The first-order chi connectivity index (χ1) is 5.34. The maximum Gasteiger partial charge on any atom is 0.0524 e. The molecule has 0 saturated heterocycles. The highest BCUT2D eigenvalue weighted by atomic mass is 32.1. The van der Waals surface area contributed by atoms with Gasteiger partial charge in [-0.05, 0) is 17.6 Å². The molecule has 0 unspecified atom stereocenters. The van der Waals surface area contributed by atoms with Gasteiger partial charge in [-0.1, -0.05) is 12.1 Å². The van der Waals surface area contributed by atoms with Crippen LogP contribution in [0, 0.1) is 5.41 Å². The Hall–Kier alpha value is -1.09. The average molecular weight is 166 g/mol. The van der Waals surface area contributed by atoms with Crippen molar-refractivity contribution < 1.29 is 0 Å². The highest BCUT2D eigenvalue weighted by molar-refractivity contribution is 7.12. The summed E-state index contributed by atoms with van der Waals surface area (Å²) in [6.07, 6.45) is 3.88. The topological polar surface area (TPSA) is 49.9 Å². The molecule has 0 bridgehead atoms. The van der Waals surface area contributed by atoms with Crippen LogP contribution in [0.1, 0.15) is 11.3 Å². The Bertz CT molecular complexity index is 249. The molecule has 3 heteroatoms. The summed E-state index contributed by atoms with van der Waals surface area (Å²) in [5.41, 5.74) is 5.78. The maximum atomic E-state index is 7.55. The monoisotopic (exact) mass is 166 g/mol. The molecule has 1 aromatic rings. The smallest absolute Gasteiger partial charge is 0.0524 e. The summed E-state index contributed by atoms with van der Waals surface area (Å²) in [6, 6.07) is 3.89. The molecule has 0 aliphatic heterocycles. The summed E-state index contributed by atoms with van der Waals surface area (Å²) >= 11 is 1.58. The van der Waals surface area contributed by atoms with E-state index in [1.165, 1.54) is 6.20 Å². The van der Waals surface area contributed by atoms with Gasteiger partial charge in [0, 0.05) is 11.3 Å². The standard InChI is InChI=1S/C8H10N2S/c9-5-1-3-7(10)8-4-2-6-11-8/h1-2,4-6,10H,3,9H2/b5-1+,10-7?. The molecule has 2 nitrogen and oxygen atoms in total.